The molecule has 0 saturated carbocycles. The Bertz CT molecular complexity index is 1040. The van der Waals surface area contributed by atoms with Gasteiger partial charge in [0.25, 0.3) is 0 Å². The van der Waals surface area contributed by atoms with E-state index >= 15 is 0 Å². The third kappa shape index (κ3) is 5.43. The van der Waals surface area contributed by atoms with Crippen molar-refractivity contribution in [2.45, 2.75) is 39.2 Å². The summed E-state index contributed by atoms with van der Waals surface area (Å²) in [5.74, 6) is 0.989. The third-order valence-electron chi connectivity index (χ3n) is 5.30. The Labute approximate surface area is 188 Å². The van der Waals surface area contributed by atoms with Crippen LogP contribution in [0.25, 0.3) is 16.9 Å². The first-order chi connectivity index (χ1) is 15.4. The van der Waals surface area contributed by atoms with Gasteiger partial charge in [0.1, 0.15) is 17.6 Å². The topological polar surface area (TPSA) is 82.4 Å². The molecule has 1 fully saturated rings. The number of aromatic nitrogens is 4. The zero-order chi connectivity index (χ0) is 22.6. The van der Waals surface area contributed by atoms with Gasteiger partial charge in [0.2, 0.25) is 0 Å². The average molecular weight is 436 g/mol. The second-order valence-corrected chi connectivity index (χ2v) is 8.97. The fraction of sp³-hybridized carbons (Fsp3) is 0.417. The number of piperidine rings is 1. The highest BCUT2D eigenvalue weighted by Crippen LogP contribution is 2.28. The molecule has 0 radical (unpaired) electrons. The van der Waals surface area contributed by atoms with Gasteiger partial charge < -0.3 is 14.4 Å². The van der Waals surface area contributed by atoms with Gasteiger partial charge in [-0.05, 0) is 51.7 Å². The highest BCUT2D eigenvalue weighted by Gasteiger charge is 2.27. The highest BCUT2D eigenvalue weighted by molar-refractivity contribution is 5.68. The molecular weight excluding hydrogens is 406 g/mol. The van der Waals surface area contributed by atoms with Crippen LogP contribution in [0, 0.1) is 5.92 Å². The van der Waals surface area contributed by atoms with Gasteiger partial charge in [-0.1, -0.05) is 18.2 Å². The average Bonchev–Trinajstić information content (AvgIpc) is 3.28. The van der Waals surface area contributed by atoms with Crippen molar-refractivity contribution < 1.29 is 14.3 Å². The van der Waals surface area contributed by atoms with Gasteiger partial charge in [0.15, 0.2) is 5.75 Å². The van der Waals surface area contributed by atoms with Crippen LogP contribution in [0.15, 0.2) is 55.2 Å². The molecule has 0 atom stereocenters. The lowest BCUT2D eigenvalue weighted by molar-refractivity contribution is 0.0165. The van der Waals surface area contributed by atoms with Crippen LogP contribution < -0.4 is 4.74 Å². The maximum absolute atomic E-state index is 12.3. The van der Waals surface area contributed by atoms with Crippen LogP contribution in [-0.2, 0) is 4.74 Å². The van der Waals surface area contributed by atoms with Crippen LogP contribution in [0.4, 0.5) is 4.79 Å². The molecule has 0 N–H and O–H groups in total. The molecule has 0 spiro atoms. The van der Waals surface area contributed by atoms with Gasteiger partial charge in [0.05, 0.1) is 24.7 Å². The van der Waals surface area contributed by atoms with E-state index in [1.807, 2.05) is 62.0 Å². The number of nitrogens with zero attached hydrogens (tertiary/aromatic N) is 5. The van der Waals surface area contributed by atoms with E-state index in [1.54, 1.807) is 17.3 Å². The number of carbonyl (C=O) groups is 1. The Morgan fingerprint density at radius 2 is 1.88 bits per heavy atom. The van der Waals surface area contributed by atoms with E-state index in [1.165, 1.54) is 6.33 Å². The summed E-state index contributed by atoms with van der Waals surface area (Å²) < 4.78 is 13.4. The van der Waals surface area contributed by atoms with Crippen LogP contribution in [0.2, 0.25) is 0 Å². The molecule has 0 aliphatic carbocycles. The summed E-state index contributed by atoms with van der Waals surface area (Å²) in [6.07, 6.45) is 8.42. The van der Waals surface area contributed by atoms with Gasteiger partial charge in [-0.3, -0.25) is 0 Å². The van der Waals surface area contributed by atoms with Crippen molar-refractivity contribution in [1.82, 2.24) is 24.6 Å². The molecular formula is C24H29N5O3. The minimum atomic E-state index is -0.477. The van der Waals surface area contributed by atoms with Crippen molar-refractivity contribution in [2.24, 2.45) is 5.92 Å². The van der Waals surface area contributed by atoms with E-state index in [4.69, 9.17) is 9.47 Å². The number of hydrogen-bond donors (Lipinski definition) is 0. The molecule has 168 valence electrons. The van der Waals surface area contributed by atoms with E-state index in [-0.39, 0.29) is 6.09 Å². The van der Waals surface area contributed by atoms with Crippen molar-refractivity contribution >= 4 is 6.09 Å². The largest absolute Gasteiger partial charge is 0.489 e. The second-order valence-electron chi connectivity index (χ2n) is 8.97. The first kappa shape index (κ1) is 21.8. The lowest BCUT2D eigenvalue weighted by Gasteiger charge is -2.33. The number of carbonyl (C=O) groups excluding carboxylic acids is 1. The number of hydrogen-bond acceptors (Lipinski definition) is 6. The molecule has 1 saturated heterocycles. The zero-order valence-electron chi connectivity index (χ0n) is 18.8. The summed E-state index contributed by atoms with van der Waals surface area (Å²) >= 11 is 0. The van der Waals surface area contributed by atoms with Crippen LogP contribution in [0.1, 0.15) is 33.6 Å². The number of ether oxygens (including phenoxy) is 2. The predicted octanol–water partition coefficient (Wildman–Crippen LogP) is 4.36. The zero-order valence-corrected chi connectivity index (χ0v) is 18.8. The summed E-state index contributed by atoms with van der Waals surface area (Å²) in [5, 5.41) is 4.46. The van der Waals surface area contributed by atoms with Crippen LogP contribution in [-0.4, -0.2) is 56.0 Å². The molecule has 0 unspecified atom stereocenters. The Morgan fingerprint density at radius 1 is 1.12 bits per heavy atom. The van der Waals surface area contributed by atoms with E-state index in [9.17, 15) is 4.79 Å². The minimum Gasteiger partial charge on any atom is -0.489 e. The Kier molecular flexibility index (Phi) is 6.39. The number of rotatable bonds is 5. The molecule has 2 aromatic heterocycles. The molecule has 4 rings (SSSR count). The Morgan fingerprint density at radius 3 is 2.59 bits per heavy atom. The van der Waals surface area contributed by atoms with E-state index < -0.39 is 5.60 Å². The number of amides is 1. The molecule has 8 nitrogen and oxygen atoms in total. The molecule has 1 aliphatic heterocycles. The number of likely N-dealkylation sites (tertiary alicyclic amines) is 1. The van der Waals surface area contributed by atoms with Crippen molar-refractivity contribution in [1.29, 1.82) is 0 Å². The van der Waals surface area contributed by atoms with Gasteiger partial charge in [0, 0.05) is 24.8 Å². The maximum atomic E-state index is 12.3. The summed E-state index contributed by atoms with van der Waals surface area (Å²) in [6.45, 7) is 7.54. The normalized spacial score (nSPS) is 14.9. The molecule has 3 heterocycles. The standard InChI is InChI=1S/C24H29N5O3/c1-24(2,3)32-23(30)28-11-9-18(10-12-28)16-31-21-14-25-17-26-22(21)19-13-27-29(15-19)20-7-5-4-6-8-20/h4-8,13-15,17-18H,9-12,16H2,1-3H3. The molecule has 3 aromatic rings. The van der Waals surface area contributed by atoms with E-state index in [2.05, 4.69) is 15.1 Å². The molecule has 32 heavy (non-hydrogen) atoms. The fourth-order valence-electron chi connectivity index (χ4n) is 3.62. The SMILES string of the molecule is CC(C)(C)OC(=O)N1CCC(COc2cncnc2-c2cnn(-c3ccccc3)c2)CC1. The van der Waals surface area contributed by atoms with Crippen molar-refractivity contribution in [2.75, 3.05) is 19.7 Å². The van der Waals surface area contributed by atoms with E-state index in [0.717, 1.165) is 24.1 Å². The first-order valence-electron chi connectivity index (χ1n) is 10.9. The van der Waals surface area contributed by atoms with Crippen molar-refractivity contribution in [3.8, 4) is 22.7 Å². The van der Waals surface area contributed by atoms with Crippen LogP contribution in [0.5, 0.6) is 5.75 Å². The summed E-state index contributed by atoms with van der Waals surface area (Å²) in [4.78, 5) is 22.6. The summed E-state index contributed by atoms with van der Waals surface area (Å²) in [7, 11) is 0. The van der Waals surface area contributed by atoms with Gasteiger partial charge >= 0.3 is 6.09 Å². The highest BCUT2D eigenvalue weighted by atomic mass is 16.6. The Hall–Kier alpha value is -3.42. The first-order valence-corrected chi connectivity index (χ1v) is 10.9. The fourth-order valence-corrected chi connectivity index (χ4v) is 3.62. The molecule has 8 heteroatoms. The van der Waals surface area contributed by atoms with Crippen molar-refractivity contribution in [3.05, 3.63) is 55.2 Å². The van der Waals surface area contributed by atoms with Crippen molar-refractivity contribution in [3.63, 3.8) is 0 Å². The van der Waals surface area contributed by atoms with Gasteiger partial charge in [-0.2, -0.15) is 5.10 Å². The lowest BCUT2D eigenvalue weighted by atomic mass is 9.98. The van der Waals surface area contributed by atoms with Gasteiger partial charge in [-0.25, -0.2) is 19.4 Å². The second kappa shape index (κ2) is 9.38. The van der Waals surface area contributed by atoms with E-state index in [0.29, 0.717) is 37.1 Å². The molecule has 1 aliphatic rings. The molecule has 1 aromatic carbocycles. The predicted molar refractivity (Wildman–Crippen MR) is 121 cm³/mol. The monoisotopic (exact) mass is 435 g/mol. The van der Waals surface area contributed by atoms with Crippen LogP contribution >= 0.6 is 0 Å². The number of para-hydroxylation sites is 1. The Balaban J connectivity index is 1.36. The summed E-state index contributed by atoms with van der Waals surface area (Å²) in [6, 6.07) is 9.92. The third-order valence-corrected chi connectivity index (χ3v) is 5.30. The lowest BCUT2D eigenvalue weighted by Crippen LogP contribution is -2.42. The number of benzene rings is 1. The maximum Gasteiger partial charge on any atom is 0.410 e. The summed E-state index contributed by atoms with van der Waals surface area (Å²) in [5.41, 5.74) is 2.08. The molecule has 0 bridgehead atoms. The quantitative estimate of drug-likeness (QED) is 0.592. The smallest absolute Gasteiger partial charge is 0.410 e. The molecule has 1 amide bonds. The minimum absolute atomic E-state index is 0.244. The van der Waals surface area contributed by atoms with Crippen LogP contribution in [0.3, 0.4) is 0 Å². The van der Waals surface area contributed by atoms with Gasteiger partial charge in [-0.15, -0.1) is 0 Å².